The van der Waals surface area contributed by atoms with Gasteiger partial charge in [-0.3, -0.25) is 4.79 Å². The smallest absolute Gasteiger partial charge is 0.336 e. The predicted molar refractivity (Wildman–Crippen MR) is 82.5 cm³/mol. The lowest BCUT2D eigenvalue weighted by molar-refractivity contribution is -0.122. The zero-order valence-corrected chi connectivity index (χ0v) is 13.8. The summed E-state index contributed by atoms with van der Waals surface area (Å²) in [6, 6.07) is 3.55. The van der Waals surface area contributed by atoms with Crippen LogP contribution in [0, 0.1) is 3.57 Å². The number of carboxylic acid groups (broad SMARTS) is 1. The molecule has 3 N–H and O–H groups in total. The van der Waals surface area contributed by atoms with E-state index in [-0.39, 0.29) is 35.4 Å². The molecule has 0 bridgehead atoms. The maximum atomic E-state index is 12.2. The van der Waals surface area contributed by atoms with Crippen molar-refractivity contribution in [2.75, 3.05) is 6.54 Å². The molecule has 0 spiro atoms. The SMILES string of the molecule is O=C1CCC(NS(=O)(=O)c2ccc(I)c(C(=O)O)c2)CN1. The highest BCUT2D eigenvalue weighted by molar-refractivity contribution is 14.1. The van der Waals surface area contributed by atoms with Gasteiger partial charge in [0.15, 0.2) is 0 Å². The van der Waals surface area contributed by atoms with Crippen molar-refractivity contribution in [1.82, 2.24) is 10.0 Å². The molecule has 1 aromatic rings. The lowest BCUT2D eigenvalue weighted by Crippen LogP contribution is -2.47. The van der Waals surface area contributed by atoms with Crippen LogP contribution in [0.1, 0.15) is 23.2 Å². The van der Waals surface area contributed by atoms with Crippen LogP contribution in [0.4, 0.5) is 0 Å². The molecule has 1 atom stereocenters. The summed E-state index contributed by atoms with van der Waals surface area (Å²) >= 11 is 1.83. The van der Waals surface area contributed by atoms with Gasteiger partial charge in [0, 0.05) is 22.6 Å². The topological polar surface area (TPSA) is 113 Å². The molecule has 0 saturated carbocycles. The fourth-order valence-corrected chi connectivity index (χ4v) is 3.82. The largest absolute Gasteiger partial charge is 0.478 e. The molecule has 1 aliphatic rings. The van der Waals surface area contributed by atoms with E-state index < -0.39 is 16.0 Å². The highest BCUT2D eigenvalue weighted by atomic mass is 127. The predicted octanol–water partition coefficient (Wildman–Crippen LogP) is 0.546. The molecular weight excluding hydrogens is 411 g/mol. The van der Waals surface area contributed by atoms with E-state index in [1.54, 1.807) is 0 Å². The van der Waals surface area contributed by atoms with Gasteiger partial charge in [-0.25, -0.2) is 17.9 Å². The minimum Gasteiger partial charge on any atom is -0.478 e. The number of carbonyl (C=O) groups is 2. The molecular formula is C12H13IN2O5S. The van der Waals surface area contributed by atoms with Crippen LogP contribution in [0.5, 0.6) is 0 Å². The second-order valence-corrected chi connectivity index (χ2v) is 7.48. The third kappa shape index (κ3) is 3.92. The summed E-state index contributed by atoms with van der Waals surface area (Å²) in [7, 11) is -3.82. The zero-order chi connectivity index (χ0) is 15.6. The van der Waals surface area contributed by atoms with Gasteiger partial charge in [0.2, 0.25) is 15.9 Å². The number of carboxylic acids is 1. The zero-order valence-electron chi connectivity index (χ0n) is 10.8. The van der Waals surface area contributed by atoms with Gasteiger partial charge >= 0.3 is 5.97 Å². The van der Waals surface area contributed by atoms with Crippen LogP contribution in [0.15, 0.2) is 23.1 Å². The van der Waals surface area contributed by atoms with E-state index in [0.717, 1.165) is 6.07 Å². The molecule has 0 radical (unpaired) electrons. The van der Waals surface area contributed by atoms with Gasteiger partial charge in [-0.2, -0.15) is 0 Å². The number of nitrogens with one attached hydrogen (secondary N) is 2. The van der Waals surface area contributed by atoms with Crippen LogP contribution in [-0.4, -0.2) is 38.0 Å². The first-order valence-electron chi connectivity index (χ1n) is 6.11. The Hall–Kier alpha value is -1.20. The number of amides is 1. The van der Waals surface area contributed by atoms with E-state index in [4.69, 9.17) is 5.11 Å². The highest BCUT2D eigenvalue weighted by Gasteiger charge is 2.25. The van der Waals surface area contributed by atoms with Crippen molar-refractivity contribution in [1.29, 1.82) is 0 Å². The van der Waals surface area contributed by atoms with Gasteiger partial charge < -0.3 is 10.4 Å². The van der Waals surface area contributed by atoms with Gasteiger partial charge in [-0.15, -0.1) is 0 Å². The van der Waals surface area contributed by atoms with Crippen LogP contribution < -0.4 is 10.0 Å². The van der Waals surface area contributed by atoms with E-state index in [2.05, 4.69) is 10.0 Å². The summed E-state index contributed by atoms with van der Waals surface area (Å²) in [5.74, 6) is -1.28. The second-order valence-electron chi connectivity index (χ2n) is 4.61. The molecule has 0 aromatic heterocycles. The molecule has 1 unspecified atom stereocenters. The monoisotopic (exact) mass is 424 g/mol. The standard InChI is InChI=1S/C12H13IN2O5S/c13-10-3-2-8(5-9(10)12(17)18)21(19,20)15-7-1-4-11(16)14-6-7/h2-3,5,7,15H,1,4,6H2,(H,14,16)(H,17,18). The molecule has 1 heterocycles. The minimum atomic E-state index is -3.82. The van der Waals surface area contributed by atoms with Crippen molar-refractivity contribution < 1.29 is 23.1 Å². The lowest BCUT2D eigenvalue weighted by atomic mass is 10.1. The maximum absolute atomic E-state index is 12.2. The molecule has 114 valence electrons. The second kappa shape index (κ2) is 6.28. The quantitative estimate of drug-likeness (QED) is 0.612. The van der Waals surface area contributed by atoms with Crippen molar-refractivity contribution in [2.45, 2.75) is 23.8 Å². The summed E-state index contributed by atoms with van der Waals surface area (Å²) in [5, 5.41) is 11.6. The highest BCUT2D eigenvalue weighted by Crippen LogP contribution is 2.19. The van der Waals surface area contributed by atoms with E-state index in [1.807, 2.05) is 22.6 Å². The Morgan fingerprint density at radius 1 is 1.43 bits per heavy atom. The number of benzene rings is 1. The number of aromatic carboxylic acids is 1. The lowest BCUT2D eigenvalue weighted by Gasteiger charge is -2.23. The van der Waals surface area contributed by atoms with Crippen molar-refractivity contribution >= 4 is 44.5 Å². The van der Waals surface area contributed by atoms with Gasteiger partial charge in [0.25, 0.3) is 0 Å². The third-order valence-corrected chi connectivity index (χ3v) is 5.52. The Kier molecular flexibility index (Phi) is 4.84. The normalized spacial score (nSPS) is 19.1. The number of halogens is 1. The van der Waals surface area contributed by atoms with Crippen LogP contribution in [0.2, 0.25) is 0 Å². The van der Waals surface area contributed by atoms with Gasteiger partial charge in [-0.05, 0) is 47.2 Å². The average Bonchev–Trinajstić information content (AvgIpc) is 2.41. The Balaban J connectivity index is 2.21. The van der Waals surface area contributed by atoms with E-state index in [9.17, 15) is 18.0 Å². The van der Waals surface area contributed by atoms with Crippen molar-refractivity contribution in [3.8, 4) is 0 Å². The summed E-state index contributed by atoms with van der Waals surface area (Å²) in [4.78, 5) is 22.0. The fraction of sp³-hybridized carbons (Fsp3) is 0.333. The molecule has 9 heteroatoms. The van der Waals surface area contributed by atoms with Crippen molar-refractivity contribution in [3.05, 3.63) is 27.3 Å². The van der Waals surface area contributed by atoms with Crippen molar-refractivity contribution in [2.24, 2.45) is 0 Å². The summed E-state index contributed by atoms with van der Waals surface area (Å²) in [5.41, 5.74) is -0.0598. The molecule has 21 heavy (non-hydrogen) atoms. The molecule has 0 aliphatic carbocycles. The number of carbonyl (C=O) groups excluding carboxylic acids is 1. The molecule has 1 aliphatic heterocycles. The number of hydrogen-bond donors (Lipinski definition) is 3. The molecule has 1 saturated heterocycles. The number of hydrogen-bond acceptors (Lipinski definition) is 4. The van der Waals surface area contributed by atoms with Gasteiger partial charge in [0.1, 0.15) is 0 Å². The van der Waals surface area contributed by atoms with Gasteiger partial charge in [0.05, 0.1) is 10.5 Å². The van der Waals surface area contributed by atoms with Crippen molar-refractivity contribution in [3.63, 3.8) is 0 Å². The third-order valence-electron chi connectivity index (χ3n) is 3.07. The van der Waals surface area contributed by atoms with Gasteiger partial charge in [-0.1, -0.05) is 0 Å². The number of piperidine rings is 1. The fourth-order valence-electron chi connectivity index (χ4n) is 1.96. The molecule has 7 nitrogen and oxygen atoms in total. The maximum Gasteiger partial charge on any atom is 0.336 e. The minimum absolute atomic E-state index is 0.0598. The first kappa shape index (κ1) is 16.2. The van der Waals surface area contributed by atoms with Crippen LogP contribution in [-0.2, 0) is 14.8 Å². The average molecular weight is 424 g/mol. The molecule has 1 fully saturated rings. The summed E-state index contributed by atoms with van der Waals surface area (Å²) < 4.78 is 27.4. The van der Waals surface area contributed by atoms with Crippen LogP contribution in [0.25, 0.3) is 0 Å². The molecule has 1 amide bonds. The summed E-state index contributed by atoms with van der Waals surface area (Å²) in [6.07, 6.45) is 0.682. The van der Waals surface area contributed by atoms with Crippen LogP contribution >= 0.6 is 22.6 Å². The van der Waals surface area contributed by atoms with E-state index in [0.29, 0.717) is 9.99 Å². The Labute approximate surface area is 135 Å². The first-order valence-corrected chi connectivity index (χ1v) is 8.67. The Morgan fingerprint density at radius 3 is 2.71 bits per heavy atom. The first-order chi connectivity index (χ1) is 9.79. The van der Waals surface area contributed by atoms with E-state index in [1.165, 1.54) is 12.1 Å². The molecule has 2 rings (SSSR count). The summed E-state index contributed by atoms with van der Waals surface area (Å²) in [6.45, 7) is 0.230. The van der Waals surface area contributed by atoms with Crippen LogP contribution in [0.3, 0.4) is 0 Å². The molecule has 1 aromatic carbocycles. The Morgan fingerprint density at radius 2 is 2.14 bits per heavy atom. The Bertz CT molecular complexity index is 679. The number of sulfonamides is 1. The van der Waals surface area contributed by atoms with E-state index >= 15 is 0 Å². The number of rotatable bonds is 4.